The molecule has 0 fully saturated rings. The number of hydrogen-bond donors (Lipinski definition) is 6. The molecule has 0 spiro atoms. The molecule has 0 saturated heterocycles. The van der Waals surface area contributed by atoms with Gasteiger partial charge in [0, 0.05) is 19.6 Å². The van der Waals surface area contributed by atoms with Crippen LogP contribution in [0.3, 0.4) is 0 Å². The zero-order valence-electron chi connectivity index (χ0n) is 8.50. The van der Waals surface area contributed by atoms with E-state index in [2.05, 4.69) is 15.6 Å². The third kappa shape index (κ3) is 3.23. The number of nitrogens with zero attached hydrogens (tertiary/aromatic N) is 1. The van der Waals surface area contributed by atoms with E-state index in [1.54, 1.807) is 0 Å². The largest absolute Gasteiger partial charge is 0.411 e. The smallest absolute Gasteiger partial charge is 0.396 e. The number of aliphatic hydroxyl groups excluding tert-OH is 2. The highest BCUT2D eigenvalue weighted by molar-refractivity contribution is 5.79. The Morgan fingerprint density at radius 1 is 1.38 bits per heavy atom. The normalized spacial score (nSPS) is 28.4. The van der Waals surface area contributed by atoms with Gasteiger partial charge in [-0.25, -0.2) is 5.32 Å². The Labute approximate surface area is 90.7 Å². The van der Waals surface area contributed by atoms with E-state index in [0.717, 1.165) is 0 Å². The topological polar surface area (TPSA) is 115 Å². The van der Waals surface area contributed by atoms with Gasteiger partial charge in [-0.05, 0) is 0 Å². The average molecular weight is 239 g/mol. The quantitative estimate of drug-likeness (QED) is 0.300. The summed E-state index contributed by atoms with van der Waals surface area (Å²) >= 11 is 0. The summed E-state index contributed by atoms with van der Waals surface area (Å²) in [5.41, 5.74) is 5.22. The lowest BCUT2D eigenvalue weighted by molar-refractivity contribution is -0.0803. The molecule has 9 heteroatoms. The lowest BCUT2D eigenvalue weighted by Gasteiger charge is -2.41. The van der Waals surface area contributed by atoms with Gasteiger partial charge in [-0.1, -0.05) is 0 Å². The van der Waals surface area contributed by atoms with Gasteiger partial charge >= 0.3 is 6.17 Å². The summed E-state index contributed by atoms with van der Waals surface area (Å²) in [5, 5.41) is 24.4. The summed E-state index contributed by atoms with van der Waals surface area (Å²) in [6, 6.07) is 0. The zero-order chi connectivity index (χ0) is 12.2. The first-order valence-corrected chi connectivity index (χ1v) is 4.70. The highest BCUT2D eigenvalue weighted by Gasteiger charge is 2.44. The van der Waals surface area contributed by atoms with Crippen LogP contribution in [0.5, 0.6) is 0 Å². The van der Waals surface area contributed by atoms with Crippen LogP contribution in [0.25, 0.3) is 0 Å². The summed E-state index contributed by atoms with van der Waals surface area (Å²) in [6.45, 7) is -0.524. The monoisotopic (exact) mass is 239 g/mol. The molecule has 1 heterocycles. The van der Waals surface area contributed by atoms with Crippen molar-refractivity contribution in [2.24, 2.45) is 10.7 Å². The summed E-state index contributed by atoms with van der Waals surface area (Å²) in [6.07, 6.45) is -3.59. The van der Waals surface area contributed by atoms with Crippen LogP contribution in [-0.2, 0) is 0 Å². The van der Waals surface area contributed by atoms with Crippen LogP contribution >= 0.6 is 0 Å². The molecule has 1 aliphatic rings. The Kier molecular flexibility index (Phi) is 3.97. The van der Waals surface area contributed by atoms with Crippen molar-refractivity contribution in [3.63, 3.8) is 0 Å². The van der Waals surface area contributed by atoms with E-state index in [4.69, 9.17) is 15.9 Å². The molecule has 0 aliphatic carbocycles. The lowest BCUT2D eigenvalue weighted by atomic mass is 10.2. The minimum absolute atomic E-state index is 0.0589. The lowest BCUT2D eigenvalue weighted by Crippen LogP contribution is -2.75. The molecule has 94 valence electrons. The van der Waals surface area contributed by atoms with E-state index >= 15 is 0 Å². The van der Waals surface area contributed by atoms with Gasteiger partial charge in [-0.15, -0.1) is 0 Å². The number of aliphatic hydroxyl groups is 2. The minimum atomic E-state index is -3.52. The van der Waals surface area contributed by atoms with Crippen molar-refractivity contribution in [3.8, 4) is 0 Å². The summed E-state index contributed by atoms with van der Waals surface area (Å²) in [5.74, 6) is -1.92. The van der Waals surface area contributed by atoms with Crippen molar-refractivity contribution in [2.45, 2.75) is 18.4 Å². The first-order chi connectivity index (χ1) is 7.43. The average Bonchev–Trinajstić information content (AvgIpc) is 2.12. The predicted molar refractivity (Wildman–Crippen MR) is 52.4 cm³/mol. The van der Waals surface area contributed by atoms with Crippen molar-refractivity contribution >= 4 is 5.96 Å². The van der Waals surface area contributed by atoms with Gasteiger partial charge in [-0.2, -0.15) is 13.8 Å². The molecule has 1 aliphatic heterocycles. The van der Waals surface area contributed by atoms with Gasteiger partial charge in [0.15, 0.2) is 11.7 Å². The number of rotatable bonds is 5. The molecule has 16 heavy (non-hydrogen) atoms. The second-order valence-electron chi connectivity index (χ2n) is 3.32. The highest BCUT2D eigenvalue weighted by atomic mass is 19.3. The summed E-state index contributed by atoms with van der Waals surface area (Å²) in [7, 11) is 0. The number of alkyl halides is 2. The molecule has 0 amide bonds. The standard InChI is InChI=1S/C7H15F2N5O2/c8-7(9)13-5(10)12-6(14-7,1-3-15)11-2-4-16/h11,14-16H,1-4H2,(H3,10,12,13). The van der Waals surface area contributed by atoms with Gasteiger partial charge in [0.2, 0.25) is 0 Å². The fourth-order valence-corrected chi connectivity index (χ4v) is 1.45. The molecule has 0 aromatic rings. The van der Waals surface area contributed by atoms with Gasteiger partial charge < -0.3 is 21.3 Å². The zero-order valence-corrected chi connectivity index (χ0v) is 8.50. The second-order valence-corrected chi connectivity index (χ2v) is 3.32. The summed E-state index contributed by atoms with van der Waals surface area (Å²) < 4.78 is 26.2. The molecule has 0 radical (unpaired) electrons. The third-order valence-corrected chi connectivity index (χ3v) is 1.99. The molecule has 0 aromatic heterocycles. The molecule has 1 unspecified atom stereocenters. The van der Waals surface area contributed by atoms with E-state index in [1.165, 1.54) is 0 Å². The molecule has 0 aromatic carbocycles. The van der Waals surface area contributed by atoms with E-state index in [-0.39, 0.29) is 26.2 Å². The Morgan fingerprint density at radius 2 is 2.06 bits per heavy atom. The molecule has 7 nitrogen and oxygen atoms in total. The Bertz CT molecular complexity index is 276. The number of guanidine groups is 1. The number of hydrogen-bond acceptors (Lipinski definition) is 7. The Hall–Kier alpha value is -1.03. The van der Waals surface area contributed by atoms with Crippen molar-refractivity contribution in [1.82, 2.24) is 16.0 Å². The maximum Gasteiger partial charge on any atom is 0.411 e. The fourth-order valence-electron chi connectivity index (χ4n) is 1.45. The third-order valence-electron chi connectivity index (χ3n) is 1.99. The van der Waals surface area contributed by atoms with E-state index in [0.29, 0.717) is 0 Å². The summed E-state index contributed by atoms with van der Waals surface area (Å²) in [4.78, 5) is 2.85. The molecule has 1 rings (SSSR count). The van der Waals surface area contributed by atoms with Crippen molar-refractivity contribution in [1.29, 1.82) is 0 Å². The maximum absolute atomic E-state index is 13.1. The molecule has 0 saturated carbocycles. The molecule has 1 atom stereocenters. The van der Waals surface area contributed by atoms with Crippen LogP contribution in [0.2, 0.25) is 0 Å². The van der Waals surface area contributed by atoms with Crippen LogP contribution in [-0.4, -0.2) is 47.9 Å². The Morgan fingerprint density at radius 3 is 2.56 bits per heavy atom. The highest BCUT2D eigenvalue weighted by Crippen LogP contribution is 2.19. The van der Waals surface area contributed by atoms with Crippen molar-refractivity contribution < 1.29 is 19.0 Å². The number of aliphatic imine (C=N–C) groups is 1. The minimum Gasteiger partial charge on any atom is -0.396 e. The van der Waals surface area contributed by atoms with E-state index < -0.39 is 17.9 Å². The number of halogens is 2. The van der Waals surface area contributed by atoms with Crippen LogP contribution in [0.1, 0.15) is 6.42 Å². The molecule has 7 N–H and O–H groups in total. The second kappa shape index (κ2) is 4.87. The fraction of sp³-hybridized carbons (Fsp3) is 0.857. The van der Waals surface area contributed by atoms with Crippen molar-refractivity contribution in [3.05, 3.63) is 0 Å². The SMILES string of the molecule is NC1=NC(F)(F)NC(CCO)(NCCO)N1. The predicted octanol–water partition coefficient (Wildman–Crippen LogP) is -2.34. The van der Waals surface area contributed by atoms with Crippen LogP contribution in [0, 0.1) is 0 Å². The van der Waals surface area contributed by atoms with Gasteiger partial charge in [0.05, 0.1) is 6.61 Å². The van der Waals surface area contributed by atoms with E-state index in [9.17, 15) is 8.78 Å². The molecular weight excluding hydrogens is 224 g/mol. The number of nitrogens with two attached hydrogens (primary N) is 1. The van der Waals surface area contributed by atoms with Gasteiger partial charge in [0.25, 0.3) is 0 Å². The van der Waals surface area contributed by atoms with E-state index in [1.807, 2.05) is 5.32 Å². The molecular formula is C7H15F2N5O2. The Balaban J connectivity index is 2.82. The van der Waals surface area contributed by atoms with Crippen molar-refractivity contribution in [2.75, 3.05) is 19.8 Å². The van der Waals surface area contributed by atoms with Crippen LogP contribution in [0.4, 0.5) is 8.78 Å². The first kappa shape index (κ1) is 13.0. The van der Waals surface area contributed by atoms with Gasteiger partial charge in [0.1, 0.15) is 0 Å². The van der Waals surface area contributed by atoms with Gasteiger partial charge in [-0.3, -0.25) is 5.32 Å². The maximum atomic E-state index is 13.1. The van der Waals surface area contributed by atoms with Crippen LogP contribution < -0.4 is 21.7 Å². The van der Waals surface area contributed by atoms with Crippen LogP contribution in [0.15, 0.2) is 4.99 Å². The number of nitrogens with one attached hydrogen (secondary N) is 3. The molecule has 0 bridgehead atoms. The first-order valence-electron chi connectivity index (χ1n) is 4.70.